The molecule has 1 aliphatic carbocycles. The van der Waals surface area contributed by atoms with Crippen molar-refractivity contribution in [2.24, 2.45) is 0 Å². The Morgan fingerprint density at radius 3 is 2.73 bits per heavy atom. The van der Waals surface area contributed by atoms with Crippen molar-refractivity contribution >= 4 is 11.6 Å². The highest BCUT2D eigenvalue weighted by Gasteiger charge is 2.12. The smallest absolute Gasteiger partial charge is 0.0589 e. The van der Waals surface area contributed by atoms with Crippen LogP contribution in [0, 0.1) is 0 Å². The van der Waals surface area contributed by atoms with E-state index in [4.69, 9.17) is 11.6 Å². The van der Waals surface area contributed by atoms with E-state index in [1.54, 1.807) is 6.20 Å². The van der Waals surface area contributed by atoms with Crippen LogP contribution >= 0.6 is 11.6 Å². The Kier molecular flexibility index (Phi) is 3.98. The van der Waals surface area contributed by atoms with Crippen LogP contribution in [0.4, 0.5) is 0 Å². The van der Waals surface area contributed by atoms with E-state index in [2.05, 4.69) is 10.3 Å². The van der Waals surface area contributed by atoms with E-state index in [-0.39, 0.29) is 0 Å². The molecule has 0 aliphatic heterocycles. The third kappa shape index (κ3) is 3.47. The van der Waals surface area contributed by atoms with Crippen molar-refractivity contribution in [2.75, 3.05) is 0 Å². The van der Waals surface area contributed by atoms with Crippen LogP contribution in [-0.2, 0) is 6.54 Å². The average Bonchev–Trinajstić information content (AvgIpc) is 2.30. The molecule has 2 nitrogen and oxygen atoms in total. The van der Waals surface area contributed by atoms with E-state index >= 15 is 0 Å². The van der Waals surface area contributed by atoms with E-state index < -0.39 is 0 Å². The van der Waals surface area contributed by atoms with Gasteiger partial charge in [-0.2, -0.15) is 0 Å². The minimum atomic E-state index is 0.691. The van der Waals surface area contributed by atoms with Gasteiger partial charge in [-0.25, -0.2) is 0 Å². The Bertz CT molecular complexity index is 291. The van der Waals surface area contributed by atoms with Gasteiger partial charge >= 0.3 is 0 Å². The lowest BCUT2D eigenvalue weighted by molar-refractivity contribution is 0.371. The summed E-state index contributed by atoms with van der Waals surface area (Å²) in [6, 6.07) is 4.57. The van der Waals surface area contributed by atoms with E-state index in [0.29, 0.717) is 11.1 Å². The minimum Gasteiger partial charge on any atom is -0.308 e. The molecule has 0 unspecified atom stereocenters. The highest BCUT2D eigenvalue weighted by molar-refractivity contribution is 6.30. The second kappa shape index (κ2) is 5.47. The van der Waals surface area contributed by atoms with Crippen molar-refractivity contribution in [3.63, 3.8) is 0 Å². The molecule has 0 spiro atoms. The standard InChI is InChI=1S/C12H17ClN2/c13-10-6-7-12(14-8-10)9-15-11-4-2-1-3-5-11/h6-8,11,15H,1-5,9H2. The average molecular weight is 225 g/mol. The first kappa shape index (κ1) is 10.9. The number of pyridine rings is 1. The van der Waals surface area contributed by atoms with Crippen LogP contribution < -0.4 is 5.32 Å². The molecule has 3 heteroatoms. The van der Waals surface area contributed by atoms with Crippen LogP contribution in [0.5, 0.6) is 0 Å². The summed E-state index contributed by atoms with van der Waals surface area (Å²) in [6.45, 7) is 0.863. The Morgan fingerprint density at radius 2 is 2.07 bits per heavy atom. The molecule has 0 saturated heterocycles. The van der Waals surface area contributed by atoms with Gasteiger partial charge in [0.1, 0.15) is 0 Å². The lowest BCUT2D eigenvalue weighted by Crippen LogP contribution is -2.30. The summed E-state index contributed by atoms with van der Waals surface area (Å²) in [4.78, 5) is 4.27. The predicted molar refractivity (Wildman–Crippen MR) is 63.0 cm³/mol. The van der Waals surface area contributed by atoms with E-state index in [0.717, 1.165) is 12.2 Å². The first-order chi connectivity index (χ1) is 7.34. The molecule has 2 rings (SSSR count). The van der Waals surface area contributed by atoms with Gasteiger partial charge in [0.25, 0.3) is 0 Å². The fourth-order valence-corrected chi connectivity index (χ4v) is 2.18. The van der Waals surface area contributed by atoms with Crippen LogP contribution in [-0.4, -0.2) is 11.0 Å². The topological polar surface area (TPSA) is 24.9 Å². The monoisotopic (exact) mass is 224 g/mol. The van der Waals surface area contributed by atoms with Gasteiger partial charge in [-0.15, -0.1) is 0 Å². The number of hydrogen-bond donors (Lipinski definition) is 1. The van der Waals surface area contributed by atoms with Crippen molar-refractivity contribution in [1.29, 1.82) is 0 Å². The molecule has 0 bridgehead atoms. The summed E-state index contributed by atoms with van der Waals surface area (Å²) in [5, 5.41) is 4.26. The van der Waals surface area contributed by atoms with Crippen LogP contribution in [0.1, 0.15) is 37.8 Å². The summed E-state index contributed by atoms with van der Waals surface area (Å²) in [7, 11) is 0. The van der Waals surface area contributed by atoms with Crippen LogP contribution in [0.3, 0.4) is 0 Å². The summed E-state index contributed by atoms with van der Waals surface area (Å²) in [6.07, 6.45) is 8.47. The second-order valence-electron chi connectivity index (χ2n) is 4.18. The maximum atomic E-state index is 5.78. The SMILES string of the molecule is Clc1ccc(CNC2CCCCC2)nc1. The minimum absolute atomic E-state index is 0.691. The first-order valence-corrected chi connectivity index (χ1v) is 6.06. The molecular weight excluding hydrogens is 208 g/mol. The highest BCUT2D eigenvalue weighted by atomic mass is 35.5. The van der Waals surface area contributed by atoms with Gasteiger partial charge < -0.3 is 5.32 Å². The normalized spacial score (nSPS) is 17.9. The lowest BCUT2D eigenvalue weighted by atomic mass is 9.95. The molecule has 0 atom stereocenters. The maximum absolute atomic E-state index is 5.78. The third-order valence-electron chi connectivity index (χ3n) is 2.97. The first-order valence-electron chi connectivity index (χ1n) is 5.68. The van der Waals surface area contributed by atoms with Crippen LogP contribution in [0.15, 0.2) is 18.3 Å². The molecule has 0 amide bonds. The zero-order chi connectivity index (χ0) is 10.5. The maximum Gasteiger partial charge on any atom is 0.0589 e. The second-order valence-corrected chi connectivity index (χ2v) is 4.62. The summed E-state index contributed by atoms with van der Waals surface area (Å²) >= 11 is 5.78. The van der Waals surface area contributed by atoms with Gasteiger partial charge in [-0.05, 0) is 25.0 Å². The van der Waals surface area contributed by atoms with Crippen LogP contribution in [0.2, 0.25) is 5.02 Å². The van der Waals surface area contributed by atoms with Crippen molar-refractivity contribution in [3.05, 3.63) is 29.0 Å². The summed E-state index contributed by atoms with van der Waals surface area (Å²) in [5.41, 5.74) is 1.07. The van der Waals surface area contributed by atoms with Crippen molar-refractivity contribution in [3.8, 4) is 0 Å². The van der Waals surface area contributed by atoms with Crippen molar-refractivity contribution in [1.82, 2.24) is 10.3 Å². The molecule has 1 N–H and O–H groups in total. The van der Waals surface area contributed by atoms with E-state index in [9.17, 15) is 0 Å². The number of aromatic nitrogens is 1. The number of halogens is 1. The summed E-state index contributed by atoms with van der Waals surface area (Å²) < 4.78 is 0. The van der Waals surface area contributed by atoms with Crippen molar-refractivity contribution < 1.29 is 0 Å². The van der Waals surface area contributed by atoms with Gasteiger partial charge in [0, 0.05) is 18.8 Å². The van der Waals surface area contributed by atoms with Crippen LogP contribution in [0.25, 0.3) is 0 Å². The quantitative estimate of drug-likeness (QED) is 0.853. The Hall–Kier alpha value is -0.600. The summed E-state index contributed by atoms with van der Waals surface area (Å²) in [5.74, 6) is 0. The molecule has 1 aromatic rings. The Balaban J connectivity index is 1.79. The molecule has 1 fully saturated rings. The molecule has 0 radical (unpaired) electrons. The third-order valence-corrected chi connectivity index (χ3v) is 3.19. The molecule has 1 aliphatic rings. The van der Waals surface area contributed by atoms with Gasteiger partial charge in [0.05, 0.1) is 10.7 Å². The van der Waals surface area contributed by atoms with E-state index in [1.807, 2.05) is 12.1 Å². The molecule has 1 heterocycles. The van der Waals surface area contributed by atoms with Gasteiger partial charge in [-0.1, -0.05) is 30.9 Å². The van der Waals surface area contributed by atoms with Crippen molar-refractivity contribution in [2.45, 2.75) is 44.7 Å². The largest absolute Gasteiger partial charge is 0.308 e. The lowest BCUT2D eigenvalue weighted by Gasteiger charge is -2.22. The number of nitrogens with one attached hydrogen (secondary N) is 1. The molecular formula is C12H17ClN2. The van der Waals surface area contributed by atoms with Gasteiger partial charge in [0.2, 0.25) is 0 Å². The highest BCUT2D eigenvalue weighted by Crippen LogP contribution is 2.17. The number of rotatable bonds is 3. The fraction of sp³-hybridized carbons (Fsp3) is 0.583. The fourth-order valence-electron chi connectivity index (χ4n) is 2.07. The van der Waals surface area contributed by atoms with Gasteiger partial charge in [-0.3, -0.25) is 4.98 Å². The molecule has 82 valence electrons. The Morgan fingerprint density at radius 1 is 1.27 bits per heavy atom. The predicted octanol–water partition coefficient (Wildman–Crippen LogP) is 3.16. The Labute approximate surface area is 96.1 Å². The zero-order valence-corrected chi connectivity index (χ0v) is 9.63. The molecule has 15 heavy (non-hydrogen) atoms. The van der Waals surface area contributed by atoms with Gasteiger partial charge in [0.15, 0.2) is 0 Å². The molecule has 0 aromatic carbocycles. The molecule has 1 saturated carbocycles. The number of hydrogen-bond acceptors (Lipinski definition) is 2. The molecule has 1 aromatic heterocycles. The zero-order valence-electron chi connectivity index (χ0n) is 8.88. The number of nitrogens with zero attached hydrogens (tertiary/aromatic N) is 1. The van der Waals surface area contributed by atoms with E-state index in [1.165, 1.54) is 32.1 Å².